The minimum atomic E-state index is 0.337. The van der Waals surface area contributed by atoms with Gasteiger partial charge in [-0.3, -0.25) is 9.48 Å². The molecule has 2 heterocycles. The largest absolute Gasteiger partial charge is 0.335 e. The van der Waals surface area contributed by atoms with E-state index in [-0.39, 0.29) is 0 Å². The normalized spacial score (nSPS) is 20.6. The molecule has 0 bridgehead atoms. The SMILES string of the molecule is O=C(CC1CCCC1)N1CCn2nccc2C1. The Hall–Kier alpha value is -1.32. The fraction of sp³-hybridized carbons (Fsp3) is 0.692. The number of aromatic nitrogens is 2. The molecule has 2 aliphatic rings. The van der Waals surface area contributed by atoms with Gasteiger partial charge in [-0.05, 0) is 24.8 Å². The van der Waals surface area contributed by atoms with Crippen molar-refractivity contribution in [2.45, 2.75) is 45.2 Å². The molecule has 1 aromatic rings. The summed E-state index contributed by atoms with van der Waals surface area (Å²) in [4.78, 5) is 14.2. The van der Waals surface area contributed by atoms with Crippen LogP contribution in [0.15, 0.2) is 12.3 Å². The van der Waals surface area contributed by atoms with Crippen molar-refractivity contribution in [3.05, 3.63) is 18.0 Å². The van der Waals surface area contributed by atoms with E-state index in [1.54, 1.807) is 0 Å². The molecule has 4 nitrogen and oxygen atoms in total. The maximum absolute atomic E-state index is 12.2. The van der Waals surface area contributed by atoms with Crippen LogP contribution in [0.25, 0.3) is 0 Å². The molecule has 1 amide bonds. The predicted octanol–water partition coefficient (Wildman–Crippen LogP) is 1.81. The topological polar surface area (TPSA) is 38.1 Å². The highest BCUT2D eigenvalue weighted by Crippen LogP contribution is 2.28. The maximum atomic E-state index is 12.2. The van der Waals surface area contributed by atoms with Crippen LogP contribution in [-0.2, 0) is 17.9 Å². The van der Waals surface area contributed by atoms with Crippen molar-refractivity contribution in [3.63, 3.8) is 0 Å². The molecule has 1 aromatic heterocycles. The van der Waals surface area contributed by atoms with Crippen LogP contribution in [0.2, 0.25) is 0 Å². The van der Waals surface area contributed by atoms with E-state index < -0.39 is 0 Å². The molecule has 0 aromatic carbocycles. The maximum Gasteiger partial charge on any atom is 0.223 e. The van der Waals surface area contributed by atoms with E-state index in [0.717, 1.165) is 31.7 Å². The lowest BCUT2D eigenvalue weighted by atomic mass is 10.0. The summed E-state index contributed by atoms with van der Waals surface area (Å²) in [6.07, 6.45) is 7.69. The van der Waals surface area contributed by atoms with E-state index in [0.29, 0.717) is 11.8 Å². The summed E-state index contributed by atoms with van der Waals surface area (Å²) in [5.41, 5.74) is 1.16. The summed E-state index contributed by atoms with van der Waals surface area (Å²) in [5, 5.41) is 4.23. The van der Waals surface area contributed by atoms with E-state index in [1.807, 2.05) is 21.8 Å². The van der Waals surface area contributed by atoms with Gasteiger partial charge in [0.05, 0.1) is 18.8 Å². The first kappa shape index (κ1) is 10.8. The third-order valence-electron chi connectivity index (χ3n) is 4.03. The molecule has 4 heteroatoms. The molecule has 0 atom stereocenters. The average Bonchev–Trinajstić information content (AvgIpc) is 2.97. The summed E-state index contributed by atoms with van der Waals surface area (Å²) in [5.74, 6) is 0.985. The molecule has 0 unspecified atom stereocenters. The number of fused-ring (bicyclic) bond motifs is 1. The lowest BCUT2D eigenvalue weighted by Gasteiger charge is -2.28. The first-order valence-corrected chi connectivity index (χ1v) is 6.61. The highest BCUT2D eigenvalue weighted by atomic mass is 16.2. The quantitative estimate of drug-likeness (QED) is 0.781. The Bertz CT molecular complexity index is 407. The number of carbonyl (C=O) groups excluding carboxylic acids is 1. The Labute approximate surface area is 102 Å². The van der Waals surface area contributed by atoms with Crippen LogP contribution in [0, 0.1) is 5.92 Å². The van der Waals surface area contributed by atoms with E-state index in [9.17, 15) is 4.79 Å². The van der Waals surface area contributed by atoms with Crippen molar-refractivity contribution in [3.8, 4) is 0 Å². The number of hydrogen-bond acceptors (Lipinski definition) is 2. The summed E-state index contributed by atoms with van der Waals surface area (Å²) >= 11 is 0. The summed E-state index contributed by atoms with van der Waals surface area (Å²) in [7, 11) is 0. The zero-order valence-electron chi connectivity index (χ0n) is 10.1. The molecule has 92 valence electrons. The van der Waals surface area contributed by atoms with E-state index >= 15 is 0 Å². The van der Waals surface area contributed by atoms with Gasteiger partial charge in [-0.15, -0.1) is 0 Å². The van der Waals surface area contributed by atoms with Gasteiger partial charge in [0.15, 0.2) is 0 Å². The molecule has 17 heavy (non-hydrogen) atoms. The lowest BCUT2D eigenvalue weighted by Crippen LogP contribution is -2.38. The van der Waals surface area contributed by atoms with Gasteiger partial charge in [0.25, 0.3) is 0 Å². The van der Waals surface area contributed by atoms with E-state index in [2.05, 4.69) is 5.10 Å². The molecule has 1 aliphatic heterocycles. The average molecular weight is 233 g/mol. The highest BCUT2D eigenvalue weighted by Gasteiger charge is 2.24. The van der Waals surface area contributed by atoms with Gasteiger partial charge in [-0.1, -0.05) is 12.8 Å². The Kier molecular flexibility index (Phi) is 2.87. The number of nitrogens with zero attached hydrogens (tertiary/aromatic N) is 3. The Morgan fingerprint density at radius 2 is 2.18 bits per heavy atom. The highest BCUT2D eigenvalue weighted by molar-refractivity contribution is 5.76. The Balaban J connectivity index is 1.60. The second-order valence-corrected chi connectivity index (χ2v) is 5.22. The van der Waals surface area contributed by atoms with Crippen LogP contribution < -0.4 is 0 Å². The molecule has 0 radical (unpaired) electrons. The molecule has 1 saturated carbocycles. The molecule has 0 N–H and O–H groups in total. The first-order valence-electron chi connectivity index (χ1n) is 6.61. The lowest BCUT2D eigenvalue weighted by molar-refractivity contribution is -0.133. The molecule has 0 saturated heterocycles. The van der Waals surface area contributed by atoms with Crippen LogP contribution >= 0.6 is 0 Å². The smallest absolute Gasteiger partial charge is 0.223 e. The minimum absolute atomic E-state index is 0.337. The number of rotatable bonds is 2. The van der Waals surface area contributed by atoms with Crippen molar-refractivity contribution >= 4 is 5.91 Å². The van der Waals surface area contributed by atoms with Crippen molar-refractivity contribution in [1.29, 1.82) is 0 Å². The molecular formula is C13H19N3O. The second-order valence-electron chi connectivity index (χ2n) is 5.22. The third-order valence-corrected chi connectivity index (χ3v) is 4.03. The first-order chi connectivity index (χ1) is 8.33. The van der Waals surface area contributed by atoms with Gasteiger partial charge < -0.3 is 4.90 Å². The van der Waals surface area contributed by atoms with Crippen molar-refractivity contribution in [2.75, 3.05) is 6.54 Å². The summed E-state index contributed by atoms with van der Waals surface area (Å²) in [6, 6.07) is 2.01. The second kappa shape index (κ2) is 4.51. The van der Waals surface area contributed by atoms with Crippen LogP contribution in [0.3, 0.4) is 0 Å². The minimum Gasteiger partial charge on any atom is -0.335 e. The molecule has 0 spiro atoms. The van der Waals surface area contributed by atoms with Crippen molar-refractivity contribution in [1.82, 2.24) is 14.7 Å². The van der Waals surface area contributed by atoms with Gasteiger partial charge in [0.2, 0.25) is 5.91 Å². The third kappa shape index (κ3) is 2.21. The Morgan fingerprint density at radius 3 is 3.00 bits per heavy atom. The molecule has 3 rings (SSSR count). The summed E-state index contributed by atoms with van der Waals surface area (Å²) < 4.78 is 2.00. The van der Waals surface area contributed by atoms with E-state index in [4.69, 9.17) is 0 Å². The van der Waals surface area contributed by atoms with E-state index in [1.165, 1.54) is 25.7 Å². The molecule has 1 fully saturated rings. The van der Waals surface area contributed by atoms with Gasteiger partial charge in [-0.25, -0.2) is 0 Å². The monoisotopic (exact) mass is 233 g/mol. The van der Waals surface area contributed by atoms with Crippen LogP contribution in [0.5, 0.6) is 0 Å². The fourth-order valence-corrected chi connectivity index (χ4v) is 2.99. The summed E-state index contributed by atoms with van der Waals surface area (Å²) in [6.45, 7) is 2.41. The van der Waals surface area contributed by atoms with Crippen LogP contribution in [0.1, 0.15) is 37.8 Å². The van der Waals surface area contributed by atoms with Gasteiger partial charge >= 0.3 is 0 Å². The zero-order chi connectivity index (χ0) is 11.7. The van der Waals surface area contributed by atoms with Crippen LogP contribution in [-0.4, -0.2) is 27.1 Å². The predicted molar refractivity (Wildman–Crippen MR) is 64.2 cm³/mol. The van der Waals surface area contributed by atoms with Crippen LogP contribution in [0.4, 0.5) is 0 Å². The van der Waals surface area contributed by atoms with Gasteiger partial charge in [-0.2, -0.15) is 5.10 Å². The number of hydrogen-bond donors (Lipinski definition) is 0. The molecular weight excluding hydrogens is 214 g/mol. The molecule has 1 aliphatic carbocycles. The standard InChI is InChI=1S/C13H19N3O/c17-13(9-11-3-1-2-4-11)15-7-8-16-12(10-15)5-6-14-16/h5-6,11H,1-4,7-10H2. The zero-order valence-corrected chi connectivity index (χ0v) is 10.1. The number of carbonyl (C=O) groups is 1. The Morgan fingerprint density at radius 1 is 1.35 bits per heavy atom. The number of amides is 1. The van der Waals surface area contributed by atoms with Gasteiger partial charge in [0, 0.05) is 19.2 Å². The van der Waals surface area contributed by atoms with Gasteiger partial charge in [0.1, 0.15) is 0 Å². The van der Waals surface area contributed by atoms with Crippen molar-refractivity contribution < 1.29 is 4.79 Å². The van der Waals surface area contributed by atoms with Crippen molar-refractivity contribution in [2.24, 2.45) is 5.92 Å². The fourth-order valence-electron chi connectivity index (χ4n) is 2.99.